The number of allylic oxidation sites excluding steroid dienone is 2. The number of alkyl halides is 3. The molecule has 3 nitrogen and oxygen atoms in total. The number of halogens is 3. The van der Waals surface area contributed by atoms with Crippen LogP contribution in [0, 0.1) is 17.3 Å². The molecule has 0 aromatic heterocycles. The van der Waals surface area contributed by atoms with E-state index >= 15 is 0 Å². The Hall–Kier alpha value is -1.20. The summed E-state index contributed by atoms with van der Waals surface area (Å²) in [5.41, 5.74) is 2.95. The van der Waals surface area contributed by atoms with Gasteiger partial charge in [-0.1, -0.05) is 19.9 Å². The van der Waals surface area contributed by atoms with Gasteiger partial charge in [0, 0.05) is 0 Å². The van der Waals surface area contributed by atoms with Gasteiger partial charge in [-0.25, -0.2) is 0 Å². The molecule has 0 aromatic rings. The van der Waals surface area contributed by atoms with E-state index in [9.17, 15) is 18.0 Å². The van der Waals surface area contributed by atoms with Gasteiger partial charge in [-0.3, -0.25) is 4.79 Å². The summed E-state index contributed by atoms with van der Waals surface area (Å²) < 4.78 is 36.2. The number of carbonyl (C=O) groups is 1. The van der Waals surface area contributed by atoms with Gasteiger partial charge >= 0.3 is 12.1 Å². The largest absolute Gasteiger partial charge is 0.481 e. The fourth-order valence-electron chi connectivity index (χ4n) is 1.75. The number of aliphatic carboxylic acids is 1. The van der Waals surface area contributed by atoms with Crippen molar-refractivity contribution in [2.24, 2.45) is 23.0 Å². The van der Waals surface area contributed by atoms with Crippen molar-refractivity contribution in [3.05, 3.63) is 11.8 Å². The smallest absolute Gasteiger partial charge is 0.430 e. The first kappa shape index (κ1) is 11.9. The zero-order chi connectivity index (χ0) is 12.0. The maximum Gasteiger partial charge on any atom is 0.430 e. The molecule has 0 radical (unpaired) electrons. The monoisotopic (exact) mass is 223 g/mol. The molecule has 0 aromatic carbocycles. The third kappa shape index (κ3) is 2.08. The van der Waals surface area contributed by atoms with Crippen molar-refractivity contribution >= 4 is 5.97 Å². The van der Waals surface area contributed by atoms with Crippen LogP contribution >= 0.6 is 0 Å². The lowest BCUT2D eigenvalue weighted by Crippen LogP contribution is -2.19. The van der Waals surface area contributed by atoms with Gasteiger partial charge in [0.15, 0.2) is 0 Å². The van der Waals surface area contributed by atoms with Crippen molar-refractivity contribution in [1.29, 1.82) is 0 Å². The lowest BCUT2D eigenvalue weighted by molar-refractivity contribution is -0.139. The minimum absolute atomic E-state index is 0.642. The van der Waals surface area contributed by atoms with Crippen LogP contribution in [0.25, 0.3) is 0 Å². The molecule has 1 aliphatic rings. The van der Waals surface area contributed by atoms with E-state index < -0.39 is 35.1 Å². The standard InChI is InChI=1S/C9H12F3NO2/c1-8(2)4(6(8)7(14)15)3-5(13)9(10,11)12/h3-4,6H,13H2,1-2H3,(H,14,15)/b5-3-/t4-,6-/m0/s1. The van der Waals surface area contributed by atoms with Crippen molar-refractivity contribution in [1.82, 2.24) is 0 Å². The summed E-state index contributed by atoms with van der Waals surface area (Å²) in [5.74, 6) is -2.51. The molecule has 1 rings (SSSR count). The molecule has 6 heteroatoms. The number of carboxylic acid groups (broad SMARTS) is 1. The molecule has 0 amide bonds. The molecule has 3 N–H and O–H groups in total. The van der Waals surface area contributed by atoms with Crippen molar-refractivity contribution in [2.75, 3.05) is 0 Å². The summed E-state index contributed by atoms with van der Waals surface area (Å²) in [6, 6.07) is 0. The van der Waals surface area contributed by atoms with E-state index in [1.807, 2.05) is 0 Å². The number of rotatable bonds is 2. The Morgan fingerprint density at radius 3 is 2.20 bits per heavy atom. The molecule has 0 saturated heterocycles. The molecule has 2 atom stereocenters. The number of carboxylic acids is 1. The van der Waals surface area contributed by atoms with Crippen molar-refractivity contribution < 1.29 is 23.1 Å². The minimum Gasteiger partial charge on any atom is -0.481 e. The quantitative estimate of drug-likeness (QED) is 0.749. The highest BCUT2D eigenvalue weighted by Gasteiger charge is 2.61. The predicted octanol–water partition coefficient (Wildman–Crippen LogP) is 1.75. The number of hydrogen-bond donors (Lipinski definition) is 2. The first-order valence-corrected chi connectivity index (χ1v) is 4.35. The molecule has 1 aliphatic carbocycles. The summed E-state index contributed by atoms with van der Waals surface area (Å²) >= 11 is 0. The predicted molar refractivity (Wildman–Crippen MR) is 46.7 cm³/mol. The third-order valence-corrected chi connectivity index (χ3v) is 2.86. The molecule has 1 saturated carbocycles. The van der Waals surface area contributed by atoms with E-state index in [0.717, 1.165) is 6.08 Å². The van der Waals surface area contributed by atoms with Gasteiger partial charge in [0.25, 0.3) is 0 Å². The van der Waals surface area contributed by atoms with Crippen LogP contribution in [0.5, 0.6) is 0 Å². The molecule has 15 heavy (non-hydrogen) atoms. The van der Waals surface area contributed by atoms with Gasteiger partial charge in [0.2, 0.25) is 0 Å². The first-order valence-electron chi connectivity index (χ1n) is 4.35. The molecule has 0 aliphatic heterocycles. The van der Waals surface area contributed by atoms with Gasteiger partial charge in [-0.05, 0) is 11.3 Å². The molecule has 0 heterocycles. The Balaban J connectivity index is 2.83. The van der Waals surface area contributed by atoms with Gasteiger partial charge in [-0.15, -0.1) is 0 Å². The average Bonchev–Trinajstić information content (AvgIpc) is 2.50. The maximum atomic E-state index is 12.1. The van der Waals surface area contributed by atoms with E-state index in [1.165, 1.54) is 0 Å². The summed E-state index contributed by atoms with van der Waals surface area (Å²) in [6.07, 6.45) is -3.78. The Morgan fingerprint density at radius 2 is 1.93 bits per heavy atom. The first-order chi connectivity index (χ1) is 6.58. The molecule has 0 bridgehead atoms. The van der Waals surface area contributed by atoms with E-state index in [-0.39, 0.29) is 0 Å². The van der Waals surface area contributed by atoms with E-state index in [1.54, 1.807) is 13.8 Å². The Kier molecular flexibility index (Phi) is 2.49. The van der Waals surface area contributed by atoms with Gasteiger partial charge in [0.05, 0.1) is 5.92 Å². The van der Waals surface area contributed by atoms with E-state index in [0.29, 0.717) is 0 Å². The summed E-state index contributed by atoms with van der Waals surface area (Å²) in [4.78, 5) is 10.7. The van der Waals surface area contributed by atoms with Gasteiger partial charge in [0.1, 0.15) is 5.70 Å². The average molecular weight is 223 g/mol. The molecule has 0 spiro atoms. The highest BCUT2D eigenvalue weighted by atomic mass is 19.4. The van der Waals surface area contributed by atoms with Gasteiger partial charge < -0.3 is 10.8 Å². The van der Waals surface area contributed by atoms with Crippen LogP contribution in [-0.2, 0) is 4.79 Å². The highest BCUT2D eigenvalue weighted by molar-refractivity contribution is 5.76. The van der Waals surface area contributed by atoms with Crippen LogP contribution in [0.3, 0.4) is 0 Å². The minimum atomic E-state index is -4.58. The molecule has 86 valence electrons. The fourth-order valence-corrected chi connectivity index (χ4v) is 1.75. The zero-order valence-electron chi connectivity index (χ0n) is 8.30. The molecule has 0 unspecified atom stereocenters. The van der Waals surface area contributed by atoms with Crippen molar-refractivity contribution in [3.8, 4) is 0 Å². The SMILES string of the molecule is CC1(C)[C@H](C(=O)O)[C@@H]1/C=C(\N)C(F)(F)F. The Bertz CT molecular complexity index is 320. The third-order valence-electron chi connectivity index (χ3n) is 2.86. The van der Waals surface area contributed by atoms with Crippen molar-refractivity contribution in [3.63, 3.8) is 0 Å². The van der Waals surface area contributed by atoms with Crippen molar-refractivity contribution in [2.45, 2.75) is 20.0 Å². The summed E-state index contributed by atoms with van der Waals surface area (Å²) in [6.45, 7) is 3.22. The normalized spacial score (nSPS) is 30.1. The van der Waals surface area contributed by atoms with E-state index in [4.69, 9.17) is 10.8 Å². The lowest BCUT2D eigenvalue weighted by Gasteiger charge is -2.06. The van der Waals surface area contributed by atoms with E-state index in [2.05, 4.69) is 0 Å². The second kappa shape index (κ2) is 3.15. The Labute approximate surface area is 84.8 Å². The zero-order valence-corrected chi connectivity index (χ0v) is 8.30. The fraction of sp³-hybridized carbons (Fsp3) is 0.667. The summed E-state index contributed by atoms with van der Waals surface area (Å²) in [5, 5.41) is 8.72. The van der Waals surface area contributed by atoms with Gasteiger partial charge in [-0.2, -0.15) is 13.2 Å². The molecular formula is C9H12F3NO2. The second-order valence-electron chi connectivity index (χ2n) is 4.28. The second-order valence-corrected chi connectivity index (χ2v) is 4.28. The molecule has 1 fully saturated rings. The van der Waals surface area contributed by atoms with Crippen LogP contribution in [0.2, 0.25) is 0 Å². The van der Waals surface area contributed by atoms with Crippen LogP contribution in [-0.4, -0.2) is 17.3 Å². The summed E-state index contributed by atoms with van der Waals surface area (Å²) in [7, 11) is 0. The van der Waals surface area contributed by atoms with Crippen LogP contribution < -0.4 is 5.73 Å². The lowest BCUT2D eigenvalue weighted by atomic mass is 10.1. The number of hydrogen-bond acceptors (Lipinski definition) is 2. The van der Waals surface area contributed by atoms with Crippen LogP contribution in [0.1, 0.15) is 13.8 Å². The topological polar surface area (TPSA) is 63.3 Å². The van der Waals surface area contributed by atoms with Crippen LogP contribution in [0.4, 0.5) is 13.2 Å². The Morgan fingerprint density at radius 1 is 1.47 bits per heavy atom. The highest BCUT2D eigenvalue weighted by Crippen LogP contribution is 2.59. The molecular weight excluding hydrogens is 211 g/mol. The van der Waals surface area contributed by atoms with Crippen LogP contribution in [0.15, 0.2) is 11.8 Å². The number of nitrogens with two attached hydrogens (primary N) is 1. The maximum absolute atomic E-state index is 12.1.